The average Bonchev–Trinajstić information content (AvgIpc) is 2.61. The molecule has 2 heterocycles. The minimum Gasteiger partial charge on any atom is -0.326 e. The van der Waals surface area contributed by atoms with Crippen molar-refractivity contribution in [3.05, 3.63) is 53.6 Å². The van der Waals surface area contributed by atoms with Crippen molar-refractivity contribution < 1.29 is 13.2 Å². The number of rotatable bonds is 3. The first-order valence-electron chi connectivity index (χ1n) is 8.20. The molecule has 25 heavy (non-hydrogen) atoms. The van der Waals surface area contributed by atoms with Gasteiger partial charge in [-0.25, -0.2) is 13.1 Å². The highest BCUT2D eigenvalue weighted by Gasteiger charge is 2.27. The standard InChI is InChI=1S/C18H18N2O3S2/c21-18-8-5-12-11-13(6-7-15(12)19-18)25(22,23)20-16-9-10-24-17-4-2-1-3-14(16)17/h1-4,6-7,11,16,20H,5,8-10H2,(H,19,21)/t16-/m0/s1. The zero-order valence-electron chi connectivity index (χ0n) is 13.5. The molecule has 130 valence electrons. The molecule has 0 aromatic heterocycles. The van der Waals surface area contributed by atoms with Crippen LogP contribution in [0.5, 0.6) is 0 Å². The van der Waals surface area contributed by atoms with Crippen LogP contribution in [-0.2, 0) is 21.2 Å². The van der Waals surface area contributed by atoms with E-state index in [0.29, 0.717) is 18.5 Å². The van der Waals surface area contributed by atoms with Crippen molar-refractivity contribution in [1.82, 2.24) is 4.72 Å². The van der Waals surface area contributed by atoms with Crippen LogP contribution in [-0.4, -0.2) is 20.1 Å². The molecular weight excluding hydrogens is 356 g/mol. The Morgan fingerprint density at radius 3 is 2.84 bits per heavy atom. The number of thioether (sulfide) groups is 1. The lowest BCUT2D eigenvalue weighted by molar-refractivity contribution is -0.116. The van der Waals surface area contributed by atoms with Crippen LogP contribution in [0.1, 0.15) is 30.0 Å². The monoisotopic (exact) mass is 374 g/mol. The molecule has 0 spiro atoms. The number of nitrogens with one attached hydrogen (secondary N) is 2. The van der Waals surface area contributed by atoms with Gasteiger partial charge in [-0.2, -0.15) is 0 Å². The molecule has 2 aliphatic rings. The Morgan fingerprint density at radius 1 is 1.12 bits per heavy atom. The smallest absolute Gasteiger partial charge is 0.241 e. The summed E-state index contributed by atoms with van der Waals surface area (Å²) < 4.78 is 28.6. The van der Waals surface area contributed by atoms with Crippen molar-refractivity contribution in [2.75, 3.05) is 11.1 Å². The predicted molar refractivity (Wildman–Crippen MR) is 98.2 cm³/mol. The average molecular weight is 374 g/mol. The molecule has 0 saturated heterocycles. The second kappa shape index (κ2) is 6.48. The SMILES string of the molecule is O=C1CCc2cc(S(=O)(=O)N[C@H]3CCSc4ccccc43)ccc2N1. The van der Waals surface area contributed by atoms with E-state index < -0.39 is 10.0 Å². The normalized spacial score (nSPS) is 19.7. The van der Waals surface area contributed by atoms with Gasteiger partial charge in [0, 0.05) is 23.0 Å². The quantitative estimate of drug-likeness (QED) is 0.866. The number of aryl methyl sites for hydroxylation is 1. The highest BCUT2D eigenvalue weighted by molar-refractivity contribution is 7.99. The van der Waals surface area contributed by atoms with Gasteiger partial charge < -0.3 is 5.32 Å². The van der Waals surface area contributed by atoms with Gasteiger partial charge in [0.1, 0.15) is 0 Å². The van der Waals surface area contributed by atoms with E-state index in [1.165, 1.54) is 0 Å². The van der Waals surface area contributed by atoms with Gasteiger partial charge in [0.15, 0.2) is 0 Å². The first-order chi connectivity index (χ1) is 12.0. The summed E-state index contributed by atoms with van der Waals surface area (Å²) in [5, 5.41) is 2.78. The van der Waals surface area contributed by atoms with Gasteiger partial charge in [-0.3, -0.25) is 4.79 Å². The lowest BCUT2D eigenvalue weighted by Crippen LogP contribution is -2.31. The molecular formula is C18H18N2O3S2. The lowest BCUT2D eigenvalue weighted by atomic mass is 10.0. The zero-order valence-corrected chi connectivity index (χ0v) is 15.1. The first kappa shape index (κ1) is 16.6. The van der Waals surface area contributed by atoms with Gasteiger partial charge in [-0.15, -0.1) is 11.8 Å². The number of hydrogen-bond donors (Lipinski definition) is 2. The molecule has 2 aromatic carbocycles. The van der Waals surface area contributed by atoms with E-state index in [1.807, 2.05) is 24.3 Å². The number of anilines is 1. The fraction of sp³-hybridized carbons (Fsp3) is 0.278. The third kappa shape index (κ3) is 3.31. The summed E-state index contributed by atoms with van der Waals surface area (Å²) in [6, 6.07) is 12.6. The Morgan fingerprint density at radius 2 is 1.96 bits per heavy atom. The Kier molecular flexibility index (Phi) is 4.31. The lowest BCUT2D eigenvalue weighted by Gasteiger charge is -2.26. The van der Waals surface area contributed by atoms with Gasteiger partial charge in [0.2, 0.25) is 15.9 Å². The number of benzene rings is 2. The number of carbonyl (C=O) groups excluding carboxylic acids is 1. The Hall–Kier alpha value is -1.83. The molecule has 2 aliphatic heterocycles. The maximum absolute atomic E-state index is 12.9. The molecule has 0 bridgehead atoms. The van der Waals surface area contributed by atoms with Crippen LogP contribution in [0.15, 0.2) is 52.3 Å². The van der Waals surface area contributed by atoms with Crippen LogP contribution in [0.25, 0.3) is 0 Å². The topological polar surface area (TPSA) is 75.3 Å². The third-order valence-corrected chi connectivity index (χ3v) is 7.13. The Labute approximate surface area is 151 Å². The summed E-state index contributed by atoms with van der Waals surface area (Å²) in [5.74, 6) is 0.859. The van der Waals surface area contributed by atoms with Gasteiger partial charge in [0.05, 0.1) is 4.90 Å². The number of carbonyl (C=O) groups is 1. The fourth-order valence-electron chi connectivity index (χ4n) is 3.25. The maximum atomic E-state index is 12.9. The highest BCUT2D eigenvalue weighted by Crippen LogP contribution is 2.36. The summed E-state index contributed by atoms with van der Waals surface area (Å²) >= 11 is 1.76. The Bertz CT molecular complexity index is 941. The molecule has 2 aromatic rings. The summed E-state index contributed by atoms with van der Waals surface area (Å²) in [6.07, 6.45) is 1.71. The molecule has 0 aliphatic carbocycles. The Balaban J connectivity index is 1.62. The van der Waals surface area contributed by atoms with E-state index in [1.54, 1.807) is 30.0 Å². The van der Waals surface area contributed by atoms with E-state index in [-0.39, 0.29) is 16.8 Å². The van der Waals surface area contributed by atoms with Gasteiger partial charge in [0.25, 0.3) is 0 Å². The number of amides is 1. The second-order valence-electron chi connectivity index (χ2n) is 6.22. The first-order valence-corrected chi connectivity index (χ1v) is 10.7. The summed E-state index contributed by atoms with van der Waals surface area (Å²) in [6.45, 7) is 0. The summed E-state index contributed by atoms with van der Waals surface area (Å²) in [7, 11) is -3.62. The van der Waals surface area contributed by atoms with E-state index in [2.05, 4.69) is 10.0 Å². The number of sulfonamides is 1. The van der Waals surface area contributed by atoms with E-state index in [0.717, 1.165) is 28.2 Å². The van der Waals surface area contributed by atoms with Crippen molar-refractivity contribution in [3.63, 3.8) is 0 Å². The van der Waals surface area contributed by atoms with Crippen molar-refractivity contribution in [3.8, 4) is 0 Å². The largest absolute Gasteiger partial charge is 0.326 e. The summed E-state index contributed by atoms with van der Waals surface area (Å²) in [5.41, 5.74) is 2.60. The number of hydrogen-bond acceptors (Lipinski definition) is 4. The second-order valence-corrected chi connectivity index (χ2v) is 9.07. The van der Waals surface area contributed by atoms with Gasteiger partial charge >= 0.3 is 0 Å². The maximum Gasteiger partial charge on any atom is 0.241 e. The molecule has 7 heteroatoms. The van der Waals surface area contributed by atoms with Crippen molar-refractivity contribution >= 4 is 33.4 Å². The van der Waals surface area contributed by atoms with Crippen LogP contribution in [0.2, 0.25) is 0 Å². The van der Waals surface area contributed by atoms with Crippen molar-refractivity contribution in [2.24, 2.45) is 0 Å². The fourth-order valence-corrected chi connectivity index (χ4v) is 5.67. The van der Waals surface area contributed by atoms with Crippen molar-refractivity contribution in [2.45, 2.75) is 35.1 Å². The van der Waals surface area contributed by atoms with Gasteiger partial charge in [-0.05, 0) is 54.0 Å². The summed E-state index contributed by atoms with van der Waals surface area (Å²) in [4.78, 5) is 12.8. The van der Waals surface area contributed by atoms with Crippen LogP contribution >= 0.6 is 11.8 Å². The molecule has 1 amide bonds. The minimum atomic E-state index is -3.62. The molecule has 1 atom stereocenters. The zero-order chi connectivity index (χ0) is 17.4. The molecule has 0 fully saturated rings. The van der Waals surface area contributed by atoms with Crippen LogP contribution in [0.3, 0.4) is 0 Å². The number of fused-ring (bicyclic) bond motifs is 2. The molecule has 4 rings (SSSR count). The molecule has 2 N–H and O–H groups in total. The van der Waals surface area contributed by atoms with E-state index >= 15 is 0 Å². The van der Waals surface area contributed by atoms with Crippen LogP contribution in [0.4, 0.5) is 5.69 Å². The van der Waals surface area contributed by atoms with E-state index in [4.69, 9.17) is 0 Å². The van der Waals surface area contributed by atoms with Gasteiger partial charge in [-0.1, -0.05) is 18.2 Å². The minimum absolute atomic E-state index is 0.0301. The van der Waals surface area contributed by atoms with Crippen LogP contribution in [0, 0.1) is 0 Å². The predicted octanol–water partition coefficient (Wildman–Crippen LogP) is 3.09. The molecule has 0 radical (unpaired) electrons. The highest BCUT2D eigenvalue weighted by atomic mass is 32.2. The molecule has 0 unspecified atom stereocenters. The van der Waals surface area contributed by atoms with Crippen LogP contribution < -0.4 is 10.0 Å². The molecule has 5 nitrogen and oxygen atoms in total. The van der Waals surface area contributed by atoms with Crippen molar-refractivity contribution in [1.29, 1.82) is 0 Å². The van der Waals surface area contributed by atoms with E-state index in [9.17, 15) is 13.2 Å². The third-order valence-electron chi connectivity index (χ3n) is 4.54. The molecule has 0 saturated carbocycles.